The molecule has 2 unspecified atom stereocenters. The summed E-state index contributed by atoms with van der Waals surface area (Å²) in [5, 5.41) is 9.14. The van der Waals surface area contributed by atoms with Crippen molar-refractivity contribution in [1.29, 1.82) is 0 Å². The maximum Gasteiger partial charge on any atom is 0.508 e. The first-order valence-corrected chi connectivity index (χ1v) is 7.87. The molecule has 2 atom stereocenters. The molecule has 0 bridgehead atoms. The summed E-state index contributed by atoms with van der Waals surface area (Å²) in [6, 6.07) is 0. The van der Waals surface area contributed by atoms with Gasteiger partial charge in [-0.1, -0.05) is 40.5 Å². The van der Waals surface area contributed by atoms with Crippen molar-refractivity contribution < 1.29 is 24.4 Å². The van der Waals surface area contributed by atoms with Crippen LogP contribution >= 0.6 is 0 Å². The Bertz CT molecular complexity index is 308. The van der Waals surface area contributed by atoms with Crippen molar-refractivity contribution in [1.82, 2.24) is 0 Å². The van der Waals surface area contributed by atoms with Crippen molar-refractivity contribution in [2.45, 2.75) is 85.5 Å². The van der Waals surface area contributed by atoms with E-state index in [4.69, 9.17) is 19.6 Å². The zero-order valence-electron chi connectivity index (χ0n) is 14.6. The highest BCUT2D eigenvalue weighted by Crippen LogP contribution is 2.38. The van der Waals surface area contributed by atoms with Gasteiger partial charge < -0.3 is 9.84 Å². The molecule has 0 aliphatic rings. The predicted molar refractivity (Wildman–Crippen MR) is 81.9 cm³/mol. The van der Waals surface area contributed by atoms with Crippen LogP contribution in [0.5, 0.6) is 0 Å². The summed E-state index contributed by atoms with van der Waals surface area (Å²) in [4.78, 5) is 22.2. The molecule has 21 heavy (non-hydrogen) atoms. The molecule has 0 heterocycles. The van der Waals surface area contributed by atoms with Crippen LogP contribution < -0.4 is 0 Å². The van der Waals surface area contributed by atoms with E-state index in [0.717, 1.165) is 25.7 Å². The first kappa shape index (κ1) is 20.2. The summed E-state index contributed by atoms with van der Waals surface area (Å²) in [7, 11) is 0. The van der Waals surface area contributed by atoms with Crippen LogP contribution in [-0.2, 0) is 14.5 Å². The minimum absolute atomic E-state index is 0.0455. The van der Waals surface area contributed by atoms with Crippen LogP contribution in [0.25, 0.3) is 0 Å². The molecular formula is C16H32O5. The van der Waals surface area contributed by atoms with Crippen LogP contribution in [0.2, 0.25) is 0 Å². The summed E-state index contributed by atoms with van der Waals surface area (Å²) in [5.74, 6) is -1.48. The minimum Gasteiger partial charge on any atom is -0.450 e. The zero-order valence-corrected chi connectivity index (χ0v) is 14.6. The van der Waals surface area contributed by atoms with Crippen molar-refractivity contribution in [2.24, 2.45) is 11.8 Å². The van der Waals surface area contributed by atoms with E-state index in [0.29, 0.717) is 0 Å². The molecule has 0 aromatic heterocycles. The first-order valence-electron chi connectivity index (χ1n) is 7.87. The Morgan fingerprint density at radius 1 is 1.14 bits per heavy atom. The van der Waals surface area contributed by atoms with Crippen LogP contribution in [0.3, 0.4) is 0 Å². The largest absolute Gasteiger partial charge is 0.508 e. The first-order chi connectivity index (χ1) is 9.59. The molecule has 0 spiro atoms. The number of unbranched alkanes of at least 4 members (excludes halogenated alkanes) is 1. The van der Waals surface area contributed by atoms with Gasteiger partial charge in [0.1, 0.15) is 0 Å². The van der Waals surface area contributed by atoms with Crippen molar-refractivity contribution in [3.63, 3.8) is 0 Å². The fraction of sp³-hybridized carbons (Fsp3) is 0.938. The molecular weight excluding hydrogens is 272 g/mol. The molecule has 0 saturated carbocycles. The molecule has 5 heteroatoms. The van der Waals surface area contributed by atoms with E-state index in [1.807, 2.05) is 41.5 Å². The van der Waals surface area contributed by atoms with E-state index in [-0.39, 0.29) is 11.8 Å². The quantitative estimate of drug-likeness (QED) is 0.281. The van der Waals surface area contributed by atoms with Crippen molar-refractivity contribution in [2.75, 3.05) is 0 Å². The maximum absolute atomic E-state index is 11.2. The molecule has 126 valence electrons. The normalized spacial score (nSPS) is 16.6. The highest BCUT2D eigenvalue weighted by Gasteiger charge is 2.48. The SMILES string of the molecule is CCCCC(CC)C(OOC(C)(C)C)(OC(=O)O)C(C)C. The van der Waals surface area contributed by atoms with Gasteiger partial charge >= 0.3 is 6.16 Å². The van der Waals surface area contributed by atoms with E-state index in [9.17, 15) is 4.79 Å². The van der Waals surface area contributed by atoms with Crippen LogP contribution in [0.1, 0.15) is 74.1 Å². The summed E-state index contributed by atoms with van der Waals surface area (Å²) in [6.45, 7) is 13.5. The van der Waals surface area contributed by atoms with E-state index in [2.05, 4.69) is 6.92 Å². The molecule has 1 N–H and O–H groups in total. The Balaban J connectivity index is 5.38. The Hall–Kier alpha value is -0.810. The third kappa shape index (κ3) is 6.66. The number of rotatable bonds is 9. The Kier molecular flexibility index (Phi) is 8.26. The number of carboxylic acid groups (broad SMARTS) is 1. The number of carbonyl (C=O) groups is 1. The molecule has 0 radical (unpaired) electrons. The second-order valence-electron chi connectivity index (χ2n) is 6.77. The van der Waals surface area contributed by atoms with Gasteiger partial charge in [0.15, 0.2) is 0 Å². The topological polar surface area (TPSA) is 65.0 Å². The molecule has 0 rings (SSSR count). The average Bonchev–Trinajstić information content (AvgIpc) is 2.34. The molecule has 5 nitrogen and oxygen atoms in total. The Morgan fingerprint density at radius 2 is 1.71 bits per heavy atom. The second-order valence-corrected chi connectivity index (χ2v) is 6.77. The lowest BCUT2D eigenvalue weighted by Gasteiger charge is -2.41. The lowest BCUT2D eigenvalue weighted by atomic mass is 9.83. The Morgan fingerprint density at radius 3 is 2.05 bits per heavy atom. The number of hydrogen-bond acceptors (Lipinski definition) is 4. The van der Waals surface area contributed by atoms with Crippen molar-refractivity contribution in [3.05, 3.63) is 0 Å². The lowest BCUT2D eigenvalue weighted by Crippen LogP contribution is -2.50. The highest BCUT2D eigenvalue weighted by atomic mass is 17.2. The lowest BCUT2D eigenvalue weighted by molar-refractivity contribution is -0.473. The van der Waals surface area contributed by atoms with Gasteiger partial charge in [0.2, 0.25) is 0 Å². The van der Waals surface area contributed by atoms with E-state index < -0.39 is 17.5 Å². The standard InChI is InChI=1S/C16H32O5/c1-8-10-11-13(9-2)16(12(3)4,19-14(17)18)21-20-15(5,6)7/h12-13H,8-11H2,1-7H3,(H,17,18). The maximum atomic E-state index is 11.2. The third-order valence-electron chi connectivity index (χ3n) is 3.44. The minimum atomic E-state index is -1.34. The highest BCUT2D eigenvalue weighted by molar-refractivity contribution is 5.57. The van der Waals surface area contributed by atoms with Gasteiger partial charge in [0, 0.05) is 11.8 Å². The smallest absolute Gasteiger partial charge is 0.450 e. The molecule has 0 saturated heterocycles. The molecule has 0 aliphatic carbocycles. The molecule has 0 amide bonds. The van der Waals surface area contributed by atoms with Gasteiger partial charge in [-0.15, -0.1) is 0 Å². The summed E-state index contributed by atoms with van der Waals surface area (Å²) < 4.78 is 5.21. The molecule has 0 aromatic rings. The second kappa shape index (κ2) is 8.59. The Labute approximate surface area is 128 Å². The van der Waals surface area contributed by atoms with Gasteiger partial charge in [0.25, 0.3) is 5.79 Å². The fourth-order valence-electron chi connectivity index (χ4n) is 2.32. The molecule has 0 fully saturated rings. The third-order valence-corrected chi connectivity index (χ3v) is 3.44. The van der Waals surface area contributed by atoms with Crippen molar-refractivity contribution >= 4 is 6.16 Å². The van der Waals surface area contributed by atoms with Crippen LogP contribution in [0.4, 0.5) is 4.79 Å². The average molecular weight is 304 g/mol. The van der Waals surface area contributed by atoms with E-state index in [1.54, 1.807) is 0 Å². The van der Waals surface area contributed by atoms with Gasteiger partial charge in [0.05, 0.1) is 5.60 Å². The van der Waals surface area contributed by atoms with Gasteiger partial charge in [-0.3, -0.25) is 0 Å². The molecule has 0 aromatic carbocycles. The monoisotopic (exact) mass is 304 g/mol. The summed E-state index contributed by atoms with van der Waals surface area (Å²) in [6.07, 6.45) is 2.30. The van der Waals surface area contributed by atoms with Gasteiger partial charge in [-0.25, -0.2) is 9.68 Å². The van der Waals surface area contributed by atoms with Gasteiger partial charge in [-0.2, -0.15) is 4.89 Å². The fourth-order valence-corrected chi connectivity index (χ4v) is 2.32. The summed E-state index contributed by atoms with van der Waals surface area (Å²) in [5.41, 5.74) is -0.537. The van der Waals surface area contributed by atoms with Gasteiger partial charge in [-0.05, 0) is 33.6 Å². The van der Waals surface area contributed by atoms with Crippen LogP contribution in [-0.4, -0.2) is 22.7 Å². The van der Waals surface area contributed by atoms with Crippen molar-refractivity contribution in [3.8, 4) is 0 Å². The van der Waals surface area contributed by atoms with Crippen LogP contribution in [0.15, 0.2) is 0 Å². The summed E-state index contributed by atoms with van der Waals surface area (Å²) >= 11 is 0. The number of hydrogen-bond donors (Lipinski definition) is 1. The molecule has 0 aliphatic heterocycles. The zero-order chi connectivity index (χ0) is 16.7. The number of ether oxygens (including phenoxy) is 1. The predicted octanol–water partition coefficient (Wildman–Crippen LogP) is 5.00. The van der Waals surface area contributed by atoms with E-state index in [1.165, 1.54) is 0 Å². The van der Waals surface area contributed by atoms with Crippen LogP contribution in [0, 0.1) is 11.8 Å². The van der Waals surface area contributed by atoms with E-state index >= 15 is 0 Å².